The number of hydrogen-bond acceptors (Lipinski definition) is 0. The van der Waals surface area contributed by atoms with Gasteiger partial charge in [-0.2, -0.15) is 0 Å². The second-order valence-electron chi connectivity index (χ2n) is 6.53. The Labute approximate surface area is 133 Å². The first-order valence-electron chi connectivity index (χ1n) is 9.14. The maximum atomic E-state index is 2.30. The van der Waals surface area contributed by atoms with Crippen molar-refractivity contribution in [2.45, 2.75) is 91.4 Å². The van der Waals surface area contributed by atoms with Crippen molar-refractivity contribution in [2.75, 3.05) is 0 Å². The van der Waals surface area contributed by atoms with Gasteiger partial charge in [0.15, 0.2) is 0 Å². The van der Waals surface area contributed by atoms with E-state index in [9.17, 15) is 0 Å². The van der Waals surface area contributed by atoms with Gasteiger partial charge in [0.1, 0.15) is 0 Å². The molecule has 0 saturated carbocycles. The molecule has 1 aromatic rings. The summed E-state index contributed by atoms with van der Waals surface area (Å²) in [6.45, 7) is 6.81. The van der Waals surface area contributed by atoms with E-state index in [1.165, 1.54) is 81.8 Å². The highest BCUT2D eigenvalue weighted by atomic mass is 14.1. The zero-order valence-electron chi connectivity index (χ0n) is 14.6. The minimum absolute atomic E-state index is 1.27. The van der Waals surface area contributed by atoms with Gasteiger partial charge in [-0.15, -0.1) is 0 Å². The van der Waals surface area contributed by atoms with Crippen LogP contribution in [-0.4, -0.2) is 0 Å². The summed E-state index contributed by atoms with van der Waals surface area (Å²) in [5, 5.41) is 0. The van der Waals surface area contributed by atoms with E-state index in [2.05, 4.69) is 45.0 Å². The van der Waals surface area contributed by atoms with E-state index in [-0.39, 0.29) is 0 Å². The molecule has 0 heterocycles. The summed E-state index contributed by atoms with van der Waals surface area (Å²) >= 11 is 0. The lowest BCUT2D eigenvalue weighted by molar-refractivity contribution is 0.552. The van der Waals surface area contributed by atoms with Crippen LogP contribution in [-0.2, 0) is 0 Å². The molecule has 0 heteroatoms. The number of benzene rings is 1. The molecule has 119 valence electrons. The number of hydrogen-bond donors (Lipinski definition) is 0. The maximum absolute atomic E-state index is 2.30. The summed E-state index contributed by atoms with van der Waals surface area (Å²) in [7, 11) is 0. The average molecular weight is 288 g/mol. The molecule has 0 bridgehead atoms. The monoisotopic (exact) mass is 287 g/mol. The van der Waals surface area contributed by atoms with E-state index in [0.29, 0.717) is 0 Å². The lowest BCUT2D eigenvalue weighted by Gasteiger charge is -2.13. The van der Waals surface area contributed by atoms with Gasteiger partial charge in [-0.3, -0.25) is 0 Å². The molecule has 0 amide bonds. The first-order chi connectivity index (χ1) is 10.3. The topological polar surface area (TPSA) is 0 Å². The van der Waals surface area contributed by atoms with Crippen LogP contribution in [0.3, 0.4) is 0 Å². The van der Waals surface area contributed by atoms with Crippen LogP contribution in [0, 0.1) is 12.8 Å². The van der Waals surface area contributed by atoms with Crippen molar-refractivity contribution >= 4 is 0 Å². The fourth-order valence-corrected chi connectivity index (χ4v) is 3.06. The fourth-order valence-electron chi connectivity index (χ4n) is 3.06. The number of unbranched alkanes of at least 4 members (excludes halogenated alkanes) is 9. The van der Waals surface area contributed by atoms with Gasteiger partial charge in [0.2, 0.25) is 0 Å². The van der Waals surface area contributed by atoms with Crippen LogP contribution in [0.25, 0.3) is 0 Å². The van der Waals surface area contributed by atoms with Gasteiger partial charge in [-0.05, 0) is 24.5 Å². The Balaban J connectivity index is 1.98. The zero-order valence-corrected chi connectivity index (χ0v) is 14.6. The Morgan fingerprint density at radius 2 is 1.29 bits per heavy atom. The van der Waals surface area contributed by atoms with Crippen LogP contribution in [0.1, 0.15) is 95.6 Å². The van der Waals surface area contributed by atoms with Crippen molar-refractivity contribution < 1.29 is 0 Å². The van der Waals surface area contributed by atoms with Crippen molar-refractivity contribution in [3.8, 4) is 0 Å². The molecule has 0 nitrogen and oxygen atoms in total. The second kappa shape index (κ2) is 11.8. The third-order valence-corrected chi connectivity index (χ3v) is 4.51. The first kappa shape index (κ1) is 18.3. The highest BCUT2D eigenvalue weighted by Crippen LogP contribution is 2.24. The molecule has 1 aromatic carbocycles. The minimum atomic E-state index is 1.27. The molecule has 0 aliphatic carbocycles. The molecule has 0 unspecified atom stereocenters. The number of rotatable bonds is 12. The van der Waals surface area contributed by atoms with Crippen LogP contribution in [0.15, 0.2) is 24.3 Å². The Morgan fingerprint density at radius 1 is 0.762 bits per heavy atom. The van der Waals surface area contributed by atoms with E-state index >= 15 is 0 Å². The largest absolute Gasteiger partial charge is 0.0654 e. The quantitative estimate of drug-likeness (QED) is 0.355. The van der Waals surface area contributed by atoms with Crippen molar-refractivity contribution in [1.29, 1.82) is 0 Å². The van der Waals surface area contributed by atoms with Gasteiger partial charge in [0.25, 0.3) is 0 Å². The molecular formula is C21H35. The van der Waals surface area contributed by atoms with Gasteiger partial charge < -0.3 is 0 Å². The zero-order chi connectivity index (χ0) is 15.3. The number of aryl methyl sites for hydroxylation is 1. The van der Waals surface area contributed by atoms with Gasteiger partial charge >= 0.3 is 0 Å². The fraction of sp³-hybridized carbons (Fsp3) is 0.667. The maximum Gasteiger partial charge on any atom is 0.00216 e. The summed E-state index contributed by atoms with van der Waals surface area (Å²) in [6, 6.07) is 8.77. The van der Waals surface area contributed by atoms with Crippen LogP contribution >= 0.6 is 0 Å². The molecule has 1 radical (unpaired) electrons. The van der Waals surface area contributed by atoms with Crippen molar-refractivity contribution in [1.82, 2.24) is 0 Å². The molecule has 0 aliphatic heterocycles. The van der Waals surface area contributed by atoms with Gasteiger partial charge in [0.05, 0.1) is 0 Å². The van der Waals surface area contributed by atoms with Crippen LogP contribution in [0.2, 0.25) is 0 Å². The minimum Gasteiger partial charge on any atom is -0.0654 e. The average Bonchev–Trinajstić information content (AvgIpc) is 2.49. The lowest BCUT2D eigenvalue weighted by atomic mass is 9.91. The van der Waals surface area contributed by atoms with Gasteiger partial charge in [0, 0.05) is 5.92 Å². The summed E-state index contributed by atoms with van der Waals surface area (Å²) in [6.07, 6.45) is 15.5. The van der Waals surface area contributed by atoms with Gasteiger partial charge in [-0.25, -0.2) is 0 Å². The van der Waals surface area contributed by atoms with E-state index in [0.717, 1.165) is 0 Å². The molecule has 0 fully saturated rings. The first-order valence-corrected chi connectivity index (χ1v) is 9.14. The molecule has 0 aliphatic rings. The Bertz CT molecular complexity index is 353. The summed E-state index contributed by atoms with van der Waals surface area (Å²) in [5.74, 6) is 1.56. The van der Waals surface area contributed by atoms with Gasteiger partial charge in [-0.1, -0.05) is 102 Å². The van der Waals surface area contributed by atoms with Crippen LogP contribution in [0.4, 0.5) is 0 Å². The molecule has 0 N–H and O–H groups in total. The Morgan fingerprint density at radius 3 is 1.86 bits per heavy atom. The standard InChI is InChI=1S/C21H35/c1-4-5-6-7-8-9-10-11-12-13-16-19(2)21-18-15-14-17-20(21)3/h14-15,17-18H,4-13,16H2,1-3H3. The highest BCUT2D eigenvalue weighted by Gasteiger charge is 2.07. The van der Waals surface area contributed by atoms with Crippen LogP contribution < -0.4 is 0 Å². The van der Waals surface area contributed by atoms with Crippen molar-refractivity contribution in [2.24, 2.45) is 0 Å². The molecule has 0 spiro atoms. The summed E-state index contributed by atoms with van der Waals surface area (Å²) < 4.78 is 0. The Kier molecular flexibility index (Phi) is 10.3. The summed E-state index contributed by atoms with van der Waals surface area (Å²) in [4.78, 5) is 0. The van der Waals surface area contributed by atoms with E-state index in [4.69, 9.17) is 0 Å². The third-order valence-electron chi connectivity index (χ3n) is 4.51. The normalized spacial score (nSPS) is 11.2. The predicted molar refractivity (Wildman–Crippen MR) is 95.7 cm³/mol. The smallest absolute Gasteiger partial charge is 0.00216 e. The predicted octanol–water partition coefficient (Wildman–Crippen LogP) is 7.25. The molecule has 0 aromatic heterocycles. The molecule has 1 rings (SSSR count). The molecule has 0 atom stereocenters. The summed E-state index contributed by atoms with van der Waals surface area (Å²) in [5.41, 5.74) is 2.88. The molecule has 0 saturated heterocycles. The van der Waals surface area contributed by atoms with E-state index < -0.39 is 0 Å². The van der Waals surface area contributed by atoms with Crippen molar-refractivity contribution in [3.63, 3.8) is 0 Å². The third kappa shape index (κ3) is 8.29. The molecule has 21 heavy (non-hydrogen) atoms. The van der Waals surface area contributed by atoms with E-state index in [1.54, 1.807) is 5.92 Å². The highest BCUT2D eigenvalue weighted by molar-refractivity contribution is 5.36. The van der Waals surface area contributed by atoms with Crippen molar-refractivity contribution in [3.05, 3.63) is 41.3 Å². The molecular weight excluding hydrogens is 252 g/mol. The Hall–Kier alpha value is -0.780. The van der Waals surface area contributed by atoms with E-state index in [1.807, 2.05) is 0 Å². The van der Waals surface area contributed by atoms with Crippen LogP contribution in [0.5, 0.6) is 0 Å². The SMILES string of the molecule is CCCCCCCCCCCC[C](C)c1ccccc1C. The lowest BCUT2D eigenvalue weighted by Crippen LogP contribution is -1.97. The second-order valence-corrected chi connectivity index (χ2v) is 6.53.